The fraction of sp³-hybridized carbons (Fsp3) is 1.00. The zero-order valence-electron chi connectivity index (χ0n) is 8.48. The molecule has 2 unspecified atom stereocenters. The molecule has 0 bridgehead atoms. The van der Waals surface area contributed by atoms with Gasteiger partial charge in [0.15, 0.2) is 0 Å². The predicted molar refractivity (Wildman–Crippen MR) is 51.2 cm³/mol. The SMILES string of the molecule is CCC(C)C(O)N(CCO)CCO. The molecule has 3 N–H and O–H groups in total. The Morgan fingerprint density at radius 3 is 1.92 bits per heavy atom. The molecule has 0 aliphatic heterocycles. The first-order valence-corrected chi connectivity index (χ1v) is 4.81. The fourth-order valence-electron chi connectivity index (χ4n) is 1.20. The van der Waals surface area contributed by atoms with E-state index in [1.54, 1.807) is 4.90 Å². The van der Waals surface area contributed by atoms with Crippen molar-refractivity contribution in [3.63, 3.8) is 0 Å². The molecule has 4 heteroatoms. The minimum Gasteiger partial charge on any atom is -0.395 e. The second-order valence-electron chi connectivity index (χ2n) is 3.28. The Kier molecular flexibility index (Phi) is 7.17. The van der Waals surface area contributed by atoms with Gasteiger partial charge in [0.05, 0.1) is 13.2 Å². The lowest BCUT2D eigenvalue weighted by Crippen LogP contribution is -2.42. The Morgan fingerprint density at radius 2 is 1.62 bits per heavy atom. The van der Waals surface area contributed by atoms with Gasteiger partial charge >= 0.3 is 0 Å². The maximum Gasteiger partial charge on any atom is 0.110 e. The average Bonchev–Trinajstić information content (AvgIpc) is 2.15. The first-order chi connectivity index (χ1) is 6.17. The summed E-state index contributed by atoms with van der Waals surface area (Å²) in [5.41, 5.74) is 0. The Balaban J connectivity index is 4.00. The van der Waals surface area contributed by atoms with Crippen molar-refractivity contribution in [1.82, 2.24) is 4.90 Å². The molecule has 0 aliphatic rings. The predicted octanol–water partition coefficient (Wildman–Crippen LogP) is -0.363. The van der Waals surface area contributed by atoms with E-state index in [9.17, 15) is 5.11 Å². The Hall–Kier alpha value is -0.160. The molecule has 0 fully saturated rings. The van der Waals surface area contributed by atoms with Crippen LogP contribution in [0.4, 0.5) is 0 Å². The van der Waals surface area contributed by atoms with Gasteiger partial charge in [0.25, 0.3) is 0 Å². The van der Waals surface area contributed by atoms with Crippen LogP contribution < -0.4 is 0 Å². The summed E-state index contributed by atoms with van der Waals surface area (Å²) in [5.74, 6) is 0.165. The monoisotopic (exact) mass is 191 g/mol. The summed E-state index contributed by atoms with van der Waals surface area (Å²) in [6, 6.07) is 0. The van der Waals surface area contributed by atoms with Crippen LogP contribution in [0.3, 0.4) is 0 Å². The van der Waals surface area contributed by atoms with E-state index in [0.29, 0.717) is 13.1 Å². The van der Waals surface area contributed by atoms with Crippen LogP contribution in [0.2, 0.25) is 0 Å². The summed E-state index contributed by atoms with van der Waals surface area (Å²) in [5, 5.41) is 27.2. The van der Waals surface area contributed by atoms with Crippen molar-refractivity contribution >= 4 is 0 Å². The van der Waals surface area contributed by atoms with Gasteiger partial charge in [-0.15, -0.1) is 0 Å². The topological polar surface area (TPSA) is 63.9 Å². The van der Waals surface area contributed by atoms with Gasteiger partial charge in [-0.1, -0.05) is 13.8 Å². The Bertz CT molecular complexity index is 115. The van der Waals surface area contributed by atoms with Crippen LogP contribution >= 0.6 is 0 Å². The lowest BCUT2D eigenvalue weighted by molar-refractivity contribution is -0.0486. The largest absolute Gasteiger partial charge is 0.395 e. The highest BCUT2D eigenvalue weighted by Gasteiger charge is 2.19. The fourth-order valence-corrected chi connectivity index (χ4v) is 1.20. The van der Waals surface area contributed by atoms with Gasteiger partial charge in [0, 0.05) is 13.1 Å². The number of hydrogen-bond acceptors (Lipinski definition) is 4. The van der Waals surface area contributed by atoms with E-state index in [1.807, 2.05) is 13.8 Å². The number of aliphatic hydroxyl groups is 3. The van der Waals surface area contributed by atoms with Crippen molar-refractivity contribution in [3.05, 3.63) is 0 Å². The highest BCUT2D eigenvalue weighted by Crippen LogP contribution is 2.11. The summed E-state index contributed by atoms with van der Waals surface area (Å²) in [6.07, 6.45) is 0.318. The molecule has 0 spiro atoms. The maximum absolute atomic E-state index is 9.74. The molecule has 2 atom stereocenters. The van der Waals surface area contributed by atoms with Gasteiger partial charge in [-0.3, -0.25) is 4.90 Å². The molecular weight excluding hydrogens is 170 g/mol. The summed E-state index contributed by atoms with van der Waals surface area (Å²) >= 11 is 0. The summed E-state index contributed by atoms with van der Waals surface area (Å²) < 4.78 is 0. The molecule has 0 radical (unpaired) electrons. The number of nitrogens with zero attached hydrogens (tertiary/aromatic N) is 1. The molecule has 0 aromatic rings. The molecular formula is C9H21NO3. The molecule has 0 saturated heterocycles. The molecule has 0 aromatic carbocycles. The van der Waals surface area contributed by atoms with Gasteiger partial charge in [-0.25, -0.2) is 0 Å². The van der Waals surface area contributed by atoms with Gasteiger partial charge in [0.1, 0.15) is 6.23 Å². The van der Waals surface area contributed by atoms with Crippen LogP contribution in [0.15, 0.2) is 0 Å². The molecule has 0 rings (SSSR count). The van der Waals surface area contributed by atoms with Crippen LogP contribution in [-0.4, -0.2) is 52.8 Å². The van der Waals surface area contributed by atoms with Crippen molar-refractivity contribution < 1.29 is 15.3 Å². The highest BCUT2D eigenvalue weighted by atomic mass is 16.3. The minimum atomic E-state index is -0.565. The van der Waals surface area contributed by atoms with E-state index < -0.39 is 6.23 Å². The van der Waals surface area contributed by atoms with E-state index in [1.165, 1.54) is 0 Å². The van der Waals surface area contributed by atoms with Crippen molar-refractivity contribution in [2.45, 2.75) is 26.5 Å². The molecule has 0 aromatic heterocycles. The average molecular weight is 191 g/mol. The quantitative estimate of drug-likeness (QED) is 0.481. The third-order valence-electron chi connectivity index (χ3n) is 2.30. The second kappa shape index (κ2) is 7.26. The zero-order valence-corrected chi connectivity index (χ0v) is 8.48. The van der Waals surface area contributed by atoms with Gasteiger partial charge in [-0.2, -0.15) is 0 Å². The smallest absolute Gasteiger partial charge is 0.110 e. The minimum absolute atomic E-state index is 0.00743. The Morgan fingerprint density at radius 1 is 1.15 bits per heavy atom. The summed E-state index contributed by atoms with van der Waals surface area (Å²) in [6.45, 7) is 4.79. The molecule has 80 valence electrons. The summed E-state index contributed by atoms with van der Waals surface area (Å²) in [4.78, 5) is 1.69. The van der Waals surface area contributed by atoms with Crippen molar-refractivity contribution in [2.75, 3.05) is 26.3 Å². The van der Waals surface area contributed by atoms with Crippen LogP contribution in [-0.2, 0) is 0 Å². The van der Waals surface area contributed by atoms with E-state index in [2.05, 4.69) is 0 Å². The highest BCUT2D eigenvalue weighted by molar-refractivity contribution is 4.66. The number of aliphatic hydroxyl groups excluding tert-OH is 3. The van der Waals surface area contributed by atoms with Crippen LogP contribution in [0.25, 0.3) is 0 Å². The first kappa shape index (κ1) is 12.8. The second-order valence-corrected chi connectivity index (χ2v) is 3.28. The van der Waals surface area contributed by atoms with E-state index in [4.69, 9.17) is 10.2 Å². The summed E-state index contributed by atoms with van der Waals surface area (Å²) in [7, 11) is 0. The standard InChI is InChI=1S/C9H21NO3/c1-3-8(2)9(13)10(4-6-11)5-7-12/h8-9,11-13H,3-7H2,1-2H3. The molecule has 0 saturated carbocycles. The molecule has 0 amide bonds. The van der Waals surface area contributed by atoms with E-state index in [0.717, 1.165) is 6.42 Å². The lowest BCUT2D eigenvalue weighted by Gasteiger charge is -2.30. The van der Waals surface area contributed by atoms with Crippen molar-refractivity contribution in [1.29, 1.82) is 0 Å². The van der Waals surface area contributed by atoms with Gasteiger partial charge < -0.3 is 15.3 Å². The maximum atomic E-state index is 9.74. The van der Waals surface area contributed by atoms with Crippen LogP contribution in [0, 0.1) is 5.92 Å². The third-order valence-corrected chi connectivity index (χ3v) is 2.30. The van der Waals surface area contributed by atoms with Crippen molar-refractivity contribution in [3.8, 4) is 0 Å². The molecule has 0 aliphatic carbocycles. The van der Waals surface area contributed by atoms with Crippen molar-refractivity contribution in [2.24, 2.45) is 5.92 Å². The first-order valence-electron chi connectivity index (χ1n) is 4.81. The zero-order chi connectivity index (χ0) is 10.3. The number of rotatable bonds is 7. The lowest BCUT2D eigenvalue weighted by atomic mass is 10.1. The molecule has 4 nitrogen and oxygen atoms in total. The number of hydrogen-bond donors (Lipinski definition) is 3. The Labute approximate surface area is 79.8 Å². The van der Waals surface area contributed by atoms with Gasteiger partial charge in [0.2, 0.25) is 0 Å². The van der Waals surface area contributed by atoms with Crippen LogP contribution in [0.5, 0.6) is 0 Å². The molecule has 13 heavy (non-hydrogen) atoms. The van der Waals surface area contributed by atoms with E-state index >= 15 is 0 Å². The normalized spacial score (nSPS) is 16.2. The third kappa shape index (κ3) is 4.57. The van der Waals surface area contributed by atoms with E-state index in [-0.39, 0.29) is 19.1 Å². The van der Waals surface area contributed by atoms with Gasteiger partial charge in [-0.05, 0) is 12.3 Å². The van der Waals surface area contributed by atoms with Crippen LogP contribution in [0.1, 0.15) is 20.3 Å². The molecule has 0 heterocycles.